The molecule has 1 aliphatic rings. The summed E-state index contributed by atoms with van der Waals surface area (Å²) < 4.78 is 32.6. The quantitative estimate of drug-likeness (QED) is 0.650. The average Bonchev–Trinajstić information content (AvgIpc) is 2.71. The highest BCUT2D eigenvalue weighted by molar-refractivity contribution is 7.89. The third kappa shape index (κ3) is 6.05. The van der Waals surface area contributed by atoms with Gasteiger partial charge in [-0.2, -0.15) is 4.31 Å². The maximum atomic E-state index is 13.1. The molecule has 1 N–H and O–H groups in total. The molecule has 174 valence electrons. The fourth-order valence-corrected chi connectivity index (χ4v) is 5.31. The van der Waals surface area contributed by atoms with E-state index in [1.807, 2.05) is 27.7 Å². The first-order valence-electron chi connectivity index (χ1n) is 10.9. The van der Waals surface area contributed by atoms with Crippen LogP contribution in [0.4, 0.5) is 0 Å². The lowest BCUT2D eigenvalue weighted by Gasteiger charge is -2.38. The Morgan fingerprint density at radius 3 is 2.26 bits per heavy atom. The zero-order chi connectivity index (χ0) is 23.3. The van der Waals surface area contributed by atoms with Gasteiger partial charge in [0.1, 0.15) is 6.04 Å². The number of nitrogens with zero attached hydrogens (tertiary/aromatic N) is 2. The molecule has 8 nitrogen and oxygen atoms in total. The molecule has 1 fully saturated rings. The van der Waals surface area contributed by atoms with Gasteiger partial charge in [0.05, 0.1) is 17.1 Å². The normalized spacial score (nSPS) is 20.7. The predicted octanol–water partition coefficient (Wildman–Crippen LogP) is 2.11. The van der Waals surface area contributed by atoms with Gasteiger partial charge >= 0.3 is 0 Å². The smallest absolute Gasteiger partial charge is 0.251 e. The zero-order valence-corrected chi connectivity index (χ0v) is 20.1. The number of hydrogen-bond donors (Lipinski definition) is 1. The molecule has 2 unspecified atom stereocenters. The summed E-state index contributed by atoms with van der Waals surface area (Å²) in [7, 11) is -3.68. The molecule has 1 aromatic rings. The summed E-state index contributed by atoms with van der Waals surface area (Å²) in [5.74, 6) is -0.761. The molecule has 0 saturated carbocycles. The van der Waals surface area contributed by atoms with Crippen LogP contribution < -0.4 is 5.32 Å². The summed E-state index contributed by atoms with van der Waals surface area (Å²) in [6.45, 7) is 12.7. The van der Waals surface area contributed by atoms with Gasteiger partial charge in [-0.15, -0.1) is 0 Å². The van der Waals surface area contributed by atoms with E-state index >= 15 is 0 Å². The van der Waals surface area contributed by atoms with Gasteiger partial charge in [-0.05, 0) is 38.0 Å². The van der Waals surface area contributed by atoms with Crippen molar-refractivity contribution in [1.82, 2.24) is 14.5 Å². The topological polar surface area (TPSA) is 96.0 Å². The Morgan fingerprint density at radius 1 is 1.16 bits per heavy atom. The Balaban J connectivity index is 2.23. The van der Waals surface area contributed by atoms with Crippen LogP contribution in [0.1, 0.15) is 51.9 Å². The molecule has 3 atom stereocenters. The number of carbonyl (C=O) groups is 2. The monoisotopic (exact) mass is 453 g/mol. The highest BCUT2D eigenvalue weighted by Gasteiger charge is 2.33. The first kappa shape index (κ1) is 25.3. The predicted molar refractivity (Wildman–Crippen MR) is 119 cm³/mol. The summed E-state index contributed by atoms with van der Waals surface area (Å²) in [5, 5.41) is 2.82. The second-order valence-corrected chi connectivity index (χ2v) is 10.3. The van der Waals surface area contributed by atoms with Crippen molar-refractivity contribution < 1.29 is 22.7 Å². The minimum Gasteiger partial charge on any atom is -0.372 e. The van der Waals surface area contributed by atoms with Crippen molar-refractivity contribution in [2.24, 2.45) is 5.92 Å². The van der Waals surface area contributed by atoms with Gasteiger partial charge in [0.15, 0.2) is 0 Å². The van der Waals surface area contributed by atoms with Crippen molar-refractivity contribution in [2.75, 3.05) is 26.2 Å². The van der Waals surface area contributed by atoms with Crippen molar-refractivity contribution in [2.45, 2.75) is 64.7 Å². The summed E-state index contributed by atoms with van der Waals surface area (Å²) in [5.41, 5.74) is 0.204. The van der Waals surface area contributed by atoms with Crippen molar-refractivity contribution in [3.63, 3.8) is 0 Å². The molecule has 0 bridgehead atoms. The van der Waals surface area contributed by atoms with Gasteiger partial charge < -0.3 is 15.0 Å². The molecular weight excluding hydrogens is 418 g/mol. The molecule has 1 heterocycles. The molecule has 2 amide bonds. The van der Waals surface area contributed by atoms with Crippen molar-refractivity contribution in [1.29, 1.82) is 0 Å². The van der Waals surface area contributed by atoms with Crippen molar-refractivity contribution in [3.8, 4) is 0 Å². The van der Waals surface area contributed by atoms with Crippen LogP contribution >= 0.6 is 0 Å². The highest BCUT2D eigenvalue weighted by atomic mass is 32.2. The largest absolute Gasteiger partial charge is 0.372 e. The number of sulfonamides is 1. The molecule has 1 aromatic carbocycles. The van der Waals surface area contributed by atoms with E-state index in [0.29, 0.717) is 26.2 Å². The van der Waals surface area contributed by atoms with Crippen molar-refractivity contribution >= 4 is 21.8 Å². The molecule has 0 aromatic heterocycles. The fraction of sp³-hybridized carbons (Fsp3) is 0.636. The molecular formula is C22H35N3O5S. The molecule has 9 heteroatoms. The maximum Gasteiger partial charge on any atom is 0.251 e. The van der Waals surface area contributed by atoms with E-state index < -0.39 is 22.0 Å². The number of ether oxygens (including phenoxy) is 1. The zero-order valence-electron chi connectivity index (χ0n) is 19.3. The third-order valence-electron chi connectivity index (χ3n) is 5.39. The highest BCUT2D eigenvalue weighted by Crippen LogP contribution is 2.18. The Kier molecular flexibility index (Phi) is 8.62. The van der Waals surface area contributed by atoms with E-state index in [2.05, 4.69) is 5.32 Å². The summed E-state index contributed by atoms with van der Waals surface area (Å²) in [4.78, 5) is 27.9. The van der Waals surface area contributed by atoms with Crippen LogP contribution in [0, 0.1) is 5.92 Å². The lowest BCUT2D eigenvalue weighted by Crippen LogP contribution is -2.56. The number of carbonyl (C=O) groups excluding carboxylic acids is 2. The van der Waals surface area contributed by atoms with Crippen LogP contribution in [0.2, 0.25) is 0 Å². The molecule has 0 aliphatic carbocycles. The van der Waals surface area contributed by atoms with Crippen LogP contribution in [0.15, 0.2) is 29.2 Å². The molecule has 0 spiro atoms. The maximum absolute atomic E-state index is 13.1. The van der Waals surface area contributed by atoms with Gasteiger partial charge in [0.2, 0.25) is 15.9 Å². The molecule has 31 heavy (non-hydrogen) atoms. The number of rotatable bonds is 8. The van der Waals surface area contributed by atoms with Crippen LogP contribution in [0.3, 0.4) is 0 Å². The first-order chi connectivity index (χ1) is 14.5. The molecule has 1 aliphatic heterocycles. The Bertz CT molecular complexity index is 873. The summed E-state index contributed by atoms with van der Waals surface area (Å²) in [6.07, 6.45) is -0.142. The number of benzene rings is 1. The first-order valence-corrected chi connectivity index (χ1v) is 12.3. The second kappa shape index (κ2) is 10.6. The molecule has 2 rings (SSSR count). The summed E-state index contributed by atoms with van der Waals surface area (Å²) in [6, 6.07) is 5.23. The molecule has 1 saturated heterocycles. The van der Waals surface area contributed by atoms with E-state index in [1.54, 1.807) is 30.9 Å². The third-order valence-corrected chi connectivity index (χ3v) is 7.44. The van der Waals surface area contributed by atoms with Gasteiger partial charge in [-0.3, -0.25) is 9.59 Å². The SMILES string of the molecule is CCN(CC)S(=O)(=O)c1cccc(C(=O)N[C@H](C(=O)N2CC(C)OC(C)C2)C(C)C)c1. The van der Waals surface area contributed by atoms with Crippen molar-refractivity contribution in [3.05, 3.63) is 29.8 Å². The van der Waals surface area contributed by atoms with Gasteiger partial charge in [0, 0.05) is 31.7 Å². The van der Waals surface area contributed by atoms with E-state index in [9.17, 15) is 18.0 Å². The Hall–Kier alpha value is -1.97. The number of morpholine rings is 1. The molecule has 0 radical (unpaired) electrons. The van der Waals surface area contributed by atoms with Crippen LogP contribution in [-0.4, -0.2) is 73.9 Å². The van der Waals surface area contributed by atoms with Gasteiger partial charge in [-0.25, -0.2) is 8.42 Å². The lowest BCUT2D eigenvalue weighted by atomic mass is 10.0. The fourth-order valence-electron chi connectivity index (χ4n) is 3.80. The average molecular weight is 454 g/mol. The second-order valence-electron chi connectivity index (χ2n) is 8.31. The van der Waals surface area contributed by atoms with E-state index in [0.717, 1.165) is 0 Å². The van der Waals surface area contributed by atoms with E-state index in [4.69, 9.17) is 4.74 Å². The Morgan fingerprint density at radius 2 is 1.74 bits per heavy atom. The minimum absolute atomic E-state index is 0.0621. The van der Waals surface area contributed by atoms with Gasteiger partial charge in [-0.1, -0.05) is 33.8 Å². The lowest BCUT2D eigenvalue weighted by molar-refractivity contribution is -0.146. The number of hydrogen-bond acceptors (Lipinski definition) is 5. The minimum atomic E-state index is -3.68. The van der Waals surface area contributed by atoms with E-state index in [-0.39, 0.29) is 34.5 Å². The van der Waals surface area contributed by atoms with Crippen LogP contribution in [0.5, 0.6) is 0 Å². The summed E-state index contributed by atoms with van der Waals surface area (Å²) >= 11 is 0. The number of nitrogens with one attached hydrogen (secondary N) is 1. The van der Waals surface area contributed by atoms with Crippen LogP contribution in [-0.2, 0) is 19.6 Å². The number of amides is 2. The van der Waals surface area contributed by atoms with Gasteiger partial charge in [0.25, 0.3) is 5.91 Å². The standard InChI is InChI=1S/C22H35N3O5S/c1-7-25(8-2)31(28,29)19-11-9-10-18(12-19)21(26)23-20(15(3)4)22(27)24-13-16(5)30-17(6)14-24/h9-12,15-17,20H,7-8,13-14H2,1-6H3,(H,23,26)/t16?,17?,20-/m0/s1. The van der Waals surface area contributed by atoms with E-state index in [1.165, 1.54) is 16.4 Å². The van der Waals surface area contributed by atoms with Crippen LogP contribution in [0.25, 0.3) is 0 Å². The Labute approximate surface area is 186 Å².